The molecule has 3 aromatic carbocycles. The molecule has 0 saturated carbocycles. The molecule has 1 radical (unpaired) electrons. The molecule has 0 aliphatic rings. The van der Waals surface area contributed by atoms with E-state index in [1.807, 2.05) is 41.5 Å². The van der Waals surface area contributed by atoms with Crippen molar-refractivity contribution in [2.45, 2.75) is 100 Å². The van der Waals surface area contributed by atoms with Crippen molar-refractivity contribution in [3.8, 4) is 11.3 Å². The molecule has 0 aliphatic carbocycles. The molecule has 0 spiro atoms. The Kier molecular flexibility index (Phi) is 11.6. The smallest absolute Gasteiger partial charge is 0.223 e. The second-order valence-electron chi connectivity index (χ2n) is 14.5. The molecule has 0 unspecified atom stereocenters. The Morgan fingerprint density at radius 1 is 0.878 bits per heavy atom. The minimum absolute atomic E-state index is 0. The first-order valence-corrected chi connectivity index (χ1v) is 18.0. The molecule has 6 aromatic rings. The summed E-state index contributed by atoms with van der Waals surface area (Å²) in [6.45, 7) is 21.0. The quantitative estimate of drug-likeness (QED) is 0.0938. The Bertz CT molecular complexity index is 2140. The van der Waals surface area contributed by atoms with Gasteiger partial charge in [0.2, 0.25) is 5.71 Å². The van der Waals surface area contributed by atoms with Gasteiger partial charge in [-0.2, -0.15) is 0 Å². The number of fused-ring (bicyclic) bond motifs is 6. The van der Waals surface area contributed by atoms with Crippen molar-refractivity contribution < 1.29 is 34.4 Å². The Morgan fingerprint density at radius 3 is 2.16 bits per heavy atom. The van der Waals surface area contributed by atoms with Gasteiger partial charge in [-0.1, -0.05) is 91.5 Å². The minimum Gasteiger partial charge on any atom is -0.512 e. The van der Waals surface area contributed by atoms with Gasteiger partial charge in [0.25, 0.3) is 0 Å². The monoisotopic (exact) mass is 854 g/mol. The van der Waals surface area contributed by atoms with E-state index in [2.05, 4.69) is 87.3 Å². The van der Waals surface area contributed by atoms with Crippen LogP contribution in [0, 0.1) is 23.8 Å². The molecule has 0 atom stereocenters. The number of allylic oxidation sites excluding steroid dienone is 2. The Labute approximate surface area is 308 Å². The van der Waals surface area contributed by atoms with E-state index in [0.29, 0.717) is 5.71 Å². The zero-order valence-electron chi connectivity index (χ0n) is 30.5. The third-order valence-corrected chi connectivity index (χ3v) is 11.5. The molecule has 0 amide bonds. The number of ketones is 1. The number of aliphatic hydroxyl groups is 1. The van der Waals surface area contributed by atoms with Crippen LogP contribution >= 0.6 is 11.3 Å². The number of furan rings is 1. The standard InChI is InChI=1S/C27H21N2OS.C15H28O2.Ir/c1-15-11-20-22(31-15)10-9-19-23-24(28-14-29-26(23)30-25(19)20)17-12-16-7-5-6-8-18(16)21(13-17)27(2,3)4;1-7-14(5,8-2)12(16)11-13(17)15(6,9-3)10-4;/h5-11,13-14H,1-4H3;11,16H,7-10H2,1-6H3;/q-1;;/b;12-11-;. The first-order valence-electron chi connectivity index (χ1n) is 17.2. The van der Waals surface area contributed by atoms with Crippen molar-refractivity contribution in [3.63, 3.8) is 0 Å². The summed E-state index contributed by atoms with van der Waals surface area (Å²) < 4.78 is 7.50. The summed E-state index contributed by atoms with van der Waals surface area (Å²) in [6.07, 6.45) is 6.35. The fraction of sp³-hybridized carbons (Fsp3) is 0.405. The summed E-state index contributed by atoms with van der Waals surface area (Å²) in [5.41, 5.74) is 4.02. The van der Waals surface area contributed by atoms with E-state index >= 15 is 0 Å². The third-order valence-electron chi connectivity index (χ3n) is 10.5. The van der Waals surface area contributed by atoms with Crippen LogP contribution in [0.1, 0.15) is 98.4 Å². The Balaban J connectivity index is 0.000000260. The van der Waals surface area contributed by atoms with Crippen molar-refractivity contribution >= 4 is 60.0 Å². The molecule has 7 heteroatoms. The number of nitrogens with zero attached hydrogens (tertiary/aromatic N) is 2. The molecule has 3 aromatic heterocycles. The zero-order chi connectivity index (χ0) is 35.0. The van der Waals surface area contributed by atoms with E-state index in [1.165, 1.54) is 26.6 Å². The van der Waals surface area contributed by atoms with E-state index in [4.69, 9.17) is 9.40 Å². The third kappa shape index (κ3) is 7.40. The maximum Gasteiger partial charge on any atom is 0.223 e. The van der Waals surface area contributed by atoms with E-state index < -0.39 is 0 Å². The maximum atomic E-state index is 12.2. The van der Waals surface area contributed by atoms with Crippen LogP contribution in [0.5, 0.6) is 0 Å². The van der Waals surface area contributed by atoms with Gasteiger partial charge in [-0.05, 0) is 56.2 Å². The SMILES string of the molecule is CCC(C)(CC)C(=O)/C=C(\O)C(C)(CC)CC.Cc1cc2c(ccc3c2oc2ncnc(-c4[c-]c5ccccc5c(C(C)(C)C)c4)c23)s1.[Ir]. The number of aromatic nitrogens is 2. The summed E-state index contributed by atoms with van der Waals surface area (Å²) >= 11 is 1.78. The van der Waals surface area contributed by atoms with Crippen LogP contribution < -0.4 is 0 Å². The predicted octanol–water partition coefficient (Wildman–Crippen LogP) is 12.5. The average molecular weight is 854 g/mol. The number of hydrogen-bond acceptors (Lipinski definition) is 6. The van der Waals surface area contributed by atoms with Gasteiger partial charge in [-0.15, -0.1) is 40.5 Å². The predicted molar refractivity (Wildman–Crippen MR) is 203 cm³/mol. The van der Waals surface area contributed by atoms with Gasteiger partial charge in [0.1, 0.15) is 17.7 Å². The number of hydrogen-bond donors (Lipinski definition) is 1. The van der Waals surface area contributed by atoms with Crippen LogP contribution in [0.4, 0.5) is 0 Å². The molecule has 49 heavy (non-hydrogen) atoms. The molecule has 3 heterocycles. The summed E-state index contributed by atoms with van der Waals surface area (Å²) in [4.78, 5) is 22.6. The van der Waals surface area contributed by atoms with Crippen LogP contribution in [0.25, 0.3) is 54.2 Å². The number of carbonyl (C=O) groups is 1. The zero-order valence-corrected chi connectivity index (χ0v) is 33.7. The van der Waals surface area contributed by atoms with Gasteiger partial charge < -0.3 is 9.52 Å². The molecule has 5 nitrogen and oxygen atoms in total. The normalized spacial score (nSPS) is 12.7. The van der Waals surface area contributed by atoms with E-state index in [1.54, 1.807) is 17.7 Å². The van der Waals surface area contributed by atoms with Crippen LogP contribution in [0.15, 0.2) is 71.1 Å². The number of aliphatic hydroxyl groups excluding tert-OH is 1. The Hall–Kier alpha value is -3.38. The number of rotatable bonds is 8. The van der Waals surface area contributed by atoms with Crippen molar-refractivity contribution in [1.82, 2.24) is 9.97 Å². The second-order valence-corrected chi connectivity index (χ2v) is 15.8. The van der Waals surface area contributed by atoms with E-state index in [0.717, 1.165) is 64.1 Å². The molecular formula is C42H49IrN2O3S-. The van der Waals surface area contributed by atoms with Crippen LogP contribution in [0.2, 0.25) is 0 Å². The van der Waals surface area contributed by atoms with Crippen LogP contribution in [-0.4, -0.2) is 20.9 Å². The topological polar surface area (TPSA) is 76.2 Å². The Morgan fingerprint density at radius 2 is 1.53 bits per heavy atom. The summed E-state index contributed by atoms with van der Waals surface area (Å²) in [6, 6.07) is 20.8. The number of carbonyl (C=O) groups excluding carboxylic acids is 1. The van der Waals surface area contributed by atoms with Crippen LogP contribution in [0.3, 0.4) is 0 Å². The van der Waals surface area contributed by atoms with Gasteiger partial charge in [0.05, 0.1) is 0 Å². The number of aryl methyl sites for hydroxylation is 1. The molecule has 0 bridgehead atoms. The van der Waals surface area contributed by atoms with Crippen molar-refractivity contribution in [1.29, 1.82) is 0 Å². The second kappa shape index (κ2) is 14.8. The molecule has 261 valence electrons. The molecule has 0 aliphatic heterocycles. The molecule has 6 rings (SSSR count). The van der Waals surface area contributed by atoms with E-state index in [9.17, 15) is 9.90 Å². The molecular weight excluding hydrogens is 805 g/mol. The van der Waals surface area contributed by atoms with Gasteiger partial charge >= 0.3 is 0 Å². The fourth-order valence-corrected chi connectivity index (χ4v) is 7.09. The van der Waals surface area contributed by atoms with Gasteiger partial charge in [0, 0.05) is 68.4 Å². The largest absolute Gasteiger partial charge is 0.512 e. The average Bonchev–Trinajstić information content (AvgIpc) is 3.66. The fourth-order valence-electron chi connectivity index (χ4n) is 6.17. The van der Waals surface area contributed by atoms with Crippen molar-refractivity contribution in [3.05, 3.63) is 83.2 Å². The van der Waals surface area contributed by atoms with Crippen molar-refractivity contribution in [2.75, 3.05) is 0 Å². The first-order chi connectivity index (χ1) is 22.7. The first kappa shape index (κ1) is 38.4. The summed E-state index contributed by atoms with van der Waals surface area (Å²) in [7, 11) is 0. The van der Waals surface area contributed by atoms with Crippen molar-refractivity contribution in [2.24, 2.45) is 10.8 Å². The minimum atomic E-state index is -0.337. The van der Waals surface area contributed by atoms with Gasteiger partial charge in [-0.25, -0.2) is 4.98 Å². The molecule has 0 fully saturated rings. The maximum absolute atomic E-state index is 12.2. The number of benzene rings is 3. The van der Waals surface area contributed by atoms with E-state index in [-0.39, 0.29) is 47.9 Å². The summed E-state index contributed by atoms with van der Waals surface area (Å²) in [5.74, 6) is 0.286. The number of thiophene rings is 1. The molecule has 1 N–H and O–H groups in total. The molecule has 0 saturated heterocycles. The summed E-state index contributed by atoms with van der Waals surface area (Å²) in [5, 5.41) is 15.6. The van der Waals surface area contributed by atoms with Crippen LogP contribution in [-0.2, 0) is 30.3 Å². The van der Waals surface area contributed by atoms with Gasteiger partial charge in [-0.3, -0.25) is 9.78 Å². The van der Waals surface area contributed by atoms with Gasteiger partial charge in [0.15, 0.2) is 5.78 Å².